The molecule has 0 unspecified atom stereocenters. The Bertz CT molecular complexity index is 7830. The highest BCUT2D eigenvalue weighted by molar-refractivity contribution is 7.92. The molecule has 0 atom stereocenters. The van der Waals surface area contributed by atoms with Crippen LogP contribution in [0.4, 0.5) is 11.4 Å². The van der Waals surface area contributed by atoms with Gasteiger partial charge in [-0.2, -0.15) is 0 Å². The Morgan fingerprint density at radius 2 is 0.641 bits per heavy atom. The molecule has 0 radical (unpaired) electrons. The fraction of sp³-hybridized carbons (Fsp3) is 0.215. The lowest BCUT2D eigenvalue weighted by molar-refractivity contribution is 0.0644. The summed E-state index contributed by atoms with van der Waals surface area (Å²) in [6.07, 6.45) is 3.17. The van der Waals surface area contributed by atoms with Gasteiger partial charge in [0, 0.05) is 33.1 Å². The molecule has 746 valence electrons. The van der Waals surface area contributed by atoms with Crippen molar-refractivity contribution in [2.24, 2.45) is 0 Å². The largest absolute Gasteiger partial charge is 0.508 e. The first kappa shape index (κ1) is 105. The molecule has 12 amide bonds. The van der Waals surface area contributed by atoms with Crippen molar-refractivity contribution < 1.29 is 115 Å². The third-order valence-electron chi connectivity index (χ3n) is 25.4. The highest BCUT2D eigenvalue weighted by Gasteiger charge is 2.46. The number of fused-ring (bicyclic) bond motifs is 6. The molecule has 2 N–H and O–H groups in total. The molecular formula is C107H104N6O25S3Si4. The van der Waals surface area contributed by atoms with E-state index in [0.29, 0.717) is 40.7 Å². The van der Waals surface area contributed by atoms with E-state index in [1.54, 1.807) is 49.4 Å². The summed E-state index contributed by atoms with van der Waals surface area (Å²) in [4.78, 5) is 158. The summed E-state index contributed by atoms with van der Waals surface area (Å²) >= 11 is 0. The molecule has 145 heavy (non-hydrogen) atoms. The van der Waals surface area contributed by atoms with Crippen LogP contribution in [-0.2, 0) is 47.3 Å². The average molecular weight is 2080 g/mol. The summed E-state index contributed by atoms with van der Waals surface area (Å²) in [7, 11) is -17.0. The van der Waals surface area contributed by atoms with Gasteiger partial charge >= 0.3 is 17.1 Å². The zero-order valence-electron chi connectivity index (χ0n) is 82.4. The lowest BCUT2D eigenvalue weighted by atomic mass is 9.78. The van der Waals surface area contributed by atoms with E-state index in [1.165, 1.54) is 143 Å². The van der Waals surface area contributed by atoms with Gasteiger partial charge in [0.1, 0.15) is 34.5 Å². The van der Waals surface area contributed by atoms with Crippen molar-refractivity contribution in [1.29, 1.82) is 0 Å². The molecule has 0 aromatic heterocycles. The van der Waals surface area contributed by atoms with E-state index in [1.807, 2.05) is 93.8 Å². The second-order valence-corrected chi connectivity index (χ2v) is 58.0. The van der Waals surface area contributed by atoms with Crippen molar-refractivity contribution in [2.45, 2.75) is 154 Å². The minimum atomic E-state index is -4.25. The molecule has 12 aromatic carbocycles. The fourth-order valence-corrected chi connectivity index (χ4v) is 38.8. The van der Waals surface area contributed by atoms with Crippen LogP contribution < -0.4 is 19.3 Å². The predicted molar refractivity (Wildman–Crippen MR) is 549 cm³/mol. The number of benzene rings is 12. The number of aryl methyl sites for hydroxylation is 2. The molecule has 6 aliphatic heterocycles. The summed E-state index contributed by atoms with van der Waals surface area (Å²) < 4.78 is 112. The molecular weight excluding hydrogens is 1980 g/mol. The molecule has 0 saturated heterocycles. The van der Waals surface area contributed by atoms with Crippen molar-refractivity contribution in [1.82, 2.24) is 19.6 Å². The smallest absolute Gasteiger partial charge is 0.312 e. The minimum Gasteiger partial charge on any atom is -0.508 e. The summed E-state index contributed by atoms with van der Waals surface area (Å²) in [6.45, 7) is 29.2. The van der Waals surface area contributed by atoms with Gasteiger partial charge < -0.3 is 32.0 Å². The standard InChI is InChI=1S/C45H34N2O8S.C30H20N2O8S.C28H40N2O9SSi4.C4H10/c1-27-5-13-31(14-6-27)54-32-15-7-28(8-16-32)45(2,3)29-9-17-33(18-10-29)55-34-19-11-30(12-20-34)47-43(50)38-24-22-36(26-40(38)44(47)51)56(52,53)35-21-23-37-39(25-35)42(49)46(4)41(37)48;1-15-3-4-16(11-25(15)33)17-5-10-24(26(34)12-17)32-29(37)21-9-7-19(14-23(21)30(32)38)41(39,40)18-6-8-20-22(13-18)28(36)31(2)27(20)35;1-29-25(31)21-13-11-19(17-23(21)26(29)32)40(35,36)20-12-14-22-24(18-20)28(34)30(27(22)33)15-10-16-42(4,5)38-44(8,9)39-43(6,7)37-41(2)3;1-3-4-2/h5-26H,1-4H3;3-14,33-34H,1-2H3;11-14,17-18,41H,10,15-16H2,1-9H3;3-4H2,1-2H3. The molecule has 38 heteroatoms. The number of nitrogens with zero attached hydrogens (tertiary/aromatic N) is 6. The van der Waals surface area contributed by atoms with Crippen LogP contribution in [-0.4, -0.2) is 188 Å². The van der Waals surface area contributed by atoms with E-state index in [-0.39, 0.29) is 131 Å². The Labute approximate surface area is 843 Å². The van der Waals surface area contributed by atoms with E-state index < -0.39 is 135 Å². The van der Waals surface area contributed by atoms with Gasteiger partial charge in [0.2, 0.25) is 29.5 Å². The van der Waals surface area contributed by atoms with Crippen LogP contribution in [0, 0.1) is 13.8 Å². The average Bonchev–Trinajstić information content (AvgIpc) is 1.60. The van der Waals surface area contributed by atoms with Gasteiger partial charge in [0.05, 0.1) is 108 Å². The first-order valence-electron chi connectivity index (χ1n) is 46.3. The van der Waals surface area contributed by atoms with Crippen LogP contribution in [0.15, 0.2) is 272 Å². The number of hydrogen-bond donors (Lipinski definition) is 2. The molecule has 6 heterocycles. The van der Waals surface area contributed by atoms with Gasteiger partial charge in [-0.25, -0.2) is 35.1 Å². The second kappa shape index (κ2) is 40.1. The highest BCUT2D eigenvalue weighted by Crippen LogP contribution is 2.44. The van der Waals surface area contributed by atoms with Crippen molar-refractivity contribution in [2.75, 3.05) is 37.5 Å². The highest BCUT2D eigenvalue weighted by atomic mass is 32.2. The van der Waals surface area contributed by atoms with Crippen molar-refractivity contribution in [3.05, 3.63) is 332 Å². The normalized spacial score (nSPS) is 14.6. The van der Waals surface area contributed by atoms with E-state index in [2.05, 4.69) is 66.0 Å². The second-order valence-electron chi connectivity index (χ2n) is 37.8. The SMILES string of the molecule is CCCC.CN1C(=O)c2ccc(S(=O)(=O)c3ccc4c(c3)C(=O)N(CCC[Si](C)(C)O[Si](C)(C)O[Si](C)(C)O[SiH](C)C)C4=O)cc2C1=O.Cc1ccc(-c2ccc(N3C(=O)c4ccc(S(=O)(=O)c5ccc6c(c5)C(=O)N(C)C6=O)cc4C3=O)c(O)c2)cc1O.Cc1ccc(Oc2ccc(C(C)(C)c3ccc(Oc4ccc(N5C(=O)c6ccc(S(=O)(=O)c7ccc8c(c7)C(=O)N(C)C8=O)cc6C5=O)cc4)cc3)cc2)cc1. The number of unbranched alkanes of at least 4 members (excludes halogenated alkanes) is 1. The van der Waals surface area contributed by atoms with Gasteiger partial charge in [-0.15, -0.1) is 0 Å². The van der Waals surface area contributed by atoms with Gasteiger partial charge in [-0.3, -0.25) is 77.1 Å². The number of sulfone groups is 3. The maximum atomic E-state index is 13.6. The third-order valence-corrected chi connectivity index (χ3v) is 44.5. The van der Waals surface area contributed by atoms with E-state index in [0.717, 1.165) is 76.3 Å². The van der Waals surface area contributed by atoms with E-state index in [4.69, 9.17) is 21.8 Å². The number of phenols is 2. The van der Waals surface area contributed by atoms with Crippen LogP contribution in [0.2, 0.25) is 58.4 Å². The van der Waals surface area contributed by atoms with Crippen LogP contribution in [0.1, 0.15) is 194 Å². The molecule has 31 nitrogen and oxygen atoms in total. The Kier molecular flexibility index (Phi) is 28.9. The maximum Gasteiger partial charge on any atom is 0.312 e. The number of anilines is 2. The van der Waals surface area contributed by atoms with Crippen molar-refractivity contribution >= 4 is 146 Å². The summed E-state index contributed by atoms with van der Waals surface area (Å²) in [6, 6.07) is 62.3. The molecule has 0 bridgehead atoms. The van der Waals surface area contributed by atoms with Crippen LogP contribution in [0.25, 0.3) is 11.1 Å². The number of rotatable bonds is 26. The molecule has 0 fully saturated rings. The lowest BCUT2D eigenvalue weighted by Gasteiger charge is -2.39. The summed E-state index contributed by atoms with van der Waals surface area (Å²) in [5, 5.41) is 20.8. The first-order valence-corrected chi connectivity index (χ1v) is 62.3. The van der Waals surface area contributed by atoms with Gasteiger partial charge in [0.25, 0.3) is 70.9 Å². The van der Waals surface area contributed by atoms with Crippen LogP contribution in [0.3, 0.4) is 0 Å². The quantitative estimate of drug-likeness (QED) is 0.0375. The molecule has 18 rings (SSSR count). The van der Waals surface area contributed by atoms with Gasteiger partial charge in [-0.05, 0) is 295 Å². The first-order chi connectivity index (χ1) is 68.2. The number of carbonyl (C=O) groups excluding carboxylic acids is 12. The van der Waals surface area contributed by atoms with Gasteiger partial charge in [-0.1, -0.05) is 101 Å². The minimum absolute atomic E-state index is 0.00146. The zero-order chi connectivity index (χ0) is 105. The number of hydrogen-bond acceptors (Lipinski definition) is 25. The Morgan fingerprint density at radius 3 is 1.01 bits per heavy atom. The van der Waals surface area contributed by atoms with Crippen LogP contribution in [0.5, 0.6) is 34.5 Å². The Morgan fingerprint density at radius 1 is 0.338 bits per heavy atom. The number of phenolic OH excluding ortho intramolecular Hbond substituents is 2. The molecule has 6 aliphatic rings. The summed E-state index contributed by atoms with van der Waals surface area (Å²) in [5.74, 6) is -4.94. The topological polar surface area (TPSA) is 413 Å². The molecule has 0 aliphatic carbocycles. The van der Waals surface area contributed by atoms with E-state index >= 15 is 0 Å². The number of ether oxygens (including phenoxy) is 2. The monoisotopic (exact) mass is 2080 g/mol. The third kappa shape index (κ3) is 20.7. The number of imide groups is 6. The zero-order valence-corrected chi connectivity index (χ0v) is 89.0. The van der Waals surface area contributed by atoms with E-state index in [9.17, 15) is 93.0 Å². The lowest BCUT2D eigenvalue weighted by Crippen LogP contribution is -2.54. The van der Waals surface area contributed by atoms with Gasteiger partial charge in [0.15, 0.2) is 17.4 Å². The van der Waals surface area contributed by atoms with Crippen LogP contribution >= 0.6 is 0 Å². The maximum absolute atomic E-state index is 13.6. The summed E-state index contributed by atoms with van der Waals surface area (Å²) in [5.41, 5.74) is 5.27. The van der Waals surface area contributed by atoms with Crippen molar-refractivity contribution in [3.8, 4) is 45.6 Å². The molecule has 0 saturated carbocycles. The number of amides is 12. The number of carbonyl (C=O) groups is 12. The molecule has 12 aromatic rings. The Hall–Kier alpha value is -14.7. The predicted octanol–water partition coefficient (Wildman–Crippen LogP) is 18.9. The molecule has 0 spiro atoms. The number of aromatic hydroxyl groups is 2. The van der Waals surface area contributed by atoms with Crippen molar-refractivity contribution in [3.63, 3.8) is 0 Å². The fourth-order valence-electron chi connectivity index (χ4n) is 17.7. The Balaban J connectivity index is 0.000000163.